The van der Waals surface area contributed by atoms with Gasteiger partial charge in [0.1, 0.15) is 27.2 Å². The van der Waals surface area contributed by atoms with Gasteiger partial charge < -0.3 is 36.1 Å². The first-order valence-electron chi connectivity index (χ1n) is 21.3. The topological polar surface area (TPSA) is 234 Å². The molecule has 0 aliphatic carbocycles. The van der Waals surface area contributed by atoms with Gasteiger partial charge >= 0.3 is 5.69 Å². The van der Waals surface area contributed by atoms with Crippen LogP contribution < -0.4 is 37.3 Å². The number of unbranched alkanes of at least 4 members (excludes halogenated alkanes) is 9. The highest BCUT2D eigenvalue weighted by Crippen LogP contribution is 2.29. The van der Waals surface area contributed by atoms with Crippen LogP contribution in [0.25, 0.3) is 27.8 Å². The molecule has 0 fully saturated rings. The van der Waals surface area contributed by atoms with Gasteiger partial charge in [0.25, 0.3) is 0 Å². The molecular weight excluding hydrogens is 842 g/mol. The van der Waals surface area contributed by atoms with Crippen molar-refractivity contribution in [1.82, 2.24) is 23.7 Å². The molecule has 0 atom stereocenters. The summed E-state index contributed by atoms with van der Waals surface area (Å²) in [6.07, 6.45) is 17.8. The average Bonchev–Trinajstić information content (AvgIpc) is 3.72. The molecule has 338 valence electrons. The zero-order chi connectivity index (χ0) is 45.4. The fourth-order valence-corrected chi connectivity index (χ4v) is 8.11. The van der Waals surface area contributed by atoms with Crippen LogP contribution in [0.4, 0.5) is 11.4 Å². The maximum Gasteiger partial charge on any atom is 0.334 e. The van der Waals surface area contributed by atoms with E-state index >= 15 is 0 Å². The molecule has 0 radical (unpaired) electrons. The summed E-state index contributed by atoms with van der Waals surface area (Å²) in [7, 11) is -1.52. The molecule has 18 heteroatoms. The number of nitrogens with zero attached hydrogens (tertiary/aromatic N) is 5. The molecule has 3 aromatic heterocycles. The lowest BCUT2D eigenvalue weighted by molar-refractivity contribution is 0.306. The van der Waals surface area contributed by atoms with Crippen molar-refractivity contribution in [3.8, 4) is 17.2 Å². The van der Waals surface area contributed by atoms with Crippen molar-refractivity contribution in [3.63, 3.8) is 0 Å². The summed E-state index contributed by atoms with van der Waals surface area (Å²) in [6.45, 7) is 3.49. The van der Waals surface area contributed by atoms with Gasteiger partial charge in [-0.15, -0.1) is 0 Å². The largest absolute Gasteiger partial charge is 0.497 e. The maximum atomic E-state index is 13.7. The summed E-state index contributed by atoms with van der Waals surface area (Å²) >= 11 is 6.20. The quantitative estimate of drug-likeness (QED) is 0.0215. The van der Waals surface area contributed by atoms with E-state index in [0.717, 1.165) is 18.4 Å². The fourth-order valence-electron chi connectivity index (χ4n) is 7.29. The zero-order valence-electron chi connectivity index (χ0n) is 36.3. The first-order valence-corrected chi connectivity index (χ1v) is 23.7. The van der Waals surface area contributed by atoms with E-state index in [0.29, 0.717) is 75.5 Å². The molecular formula is C45H60ClN11O5S. The number of sulfone groups is 1. The Hall–Kier alpha value is -6.07. The van der Waals surface area contributed by atoms with E-state index in [1.54, 1.807) is 77.2 Å². The smallest absolute Gasteiger partial charge is 0.334 e. The monoisotopic (exact) mass is 901 g/mol. The van der Waals surface area contributed by atoms with E-state index in [-0.39, 0.29) is 29.9 Å². The zero-order valence-corrected chi connectivity index (χ0v) is 37.9. The number of hydrogen-bond acceptors (Lipinski definition) is 9. The van der Waals surface area contributed by atoms with Gasteiger partial charge in [0.05, 0.1) is 65.7 Å². The highest BCUT2D eigenvalue weighted by Gasteiger charge is 2.19. The molecule has 0 saturated carbocycles. The lowest BCUT2D eigenvalue weighted by Gasteiger charge is -2.14. The van der Waals surface area contributed by atoms with Gasteiger partial charge in [-0.05, 0) is 79.6 Å². The number of pyridine rings is 1. The van der Waals surface area contributed by atoms with E-state index in [4.69, 9.17) is 48.3 Å². The molecule has 0 amide bonds. The molecule has 3 heterocycles. The first-order chi connectivity index (χ1) is 30.3. The summed E-state index contributed by atoms with van der Waals surface area (Å²) in [5.74, 6) is 1.69. The summed E-state index contributed by atoms with van der Waals surface area (Å²) in [5.41, 5.74) is 15.3. The second kappa shape index (κ2) is 23.4. The lowest BCUT2D eigenvalue weighted by Crippen LogP contribution is -2.25. The van der Waals surface area contributed by atoms with Gasteiger partial charge in [-0.3, -0.25) is 24.9 Å². The molecule has 3 aromatic carbocycles. The molecule has 16 nitrogen and oxygen atoms in total. The molecule has 6 rings (SSSR count). The van der Waals surface area contributed by atoms with Gasteiger partial charge in [-0.1, -0.05) is 76.3 Å². The molecule has 8 N–H and O–H groups in total. The number of ether oxygens (including phenoxy) is 2. The van der Waals surface area contributed by atoms with Crippen LogP contribution in [0.3, 0.4) is 0 Å². The van der Waals surface area contributed by atoms with E-state index in [1.165, 1.54) is 57.6 Å². The second-order valence-corrected chi connectivity index (χ2v) is 18.1. The Bertz CT molecular complexity index is 2620. The van der Waals surface area contributed by atoms with Crippen molar-refractivity contribution in [3.05, 3.63) is 100 Å². The SMILES string of the molecule is CCCCCCCCCCCCOc1ccc(NC(=N)N)cc1NC(=N)N.COc1ccc(-n2c(=O)n(Cc3nc4cc(Cl)ccc4n3CCCS(C)(=O)=O)c3cnccc32)cc1. The van der Waals surface area contributed by atoms with Gasteiger partial charge in [0.15, 0.2) is 11.9 Å². The molecule has 0 spiro atoms. The number of methoxy groups -OCH3 is 1. The third kappa shape index (κ3) is 14.2. The lowest BCUT2D eigenvalue weighted by atomic mass is 10.1. The molecule has 0 bridgehead atoms. The molecule has 0 aliphatic heterocycles. The van der Waals surface area contributed by atoms with Gasteiger partial charge in [-0.2, -0.15) is 0 Å². The average molecular weight is 903 g/mol. The highest BCUT2D eigenvalue weighted by molar-refractivity contribution is 7.90. The van der Waals surface area contributed by atoms with Crippen molar-refractivity contribution in [1.29, 1.82) is 10.8 Å². The number of aryl methyl sites for hydroxylation is 1. The third-order valence-corrected chi connectivity index (χ3v) is 11.6. The molecule has 63 heavy (non-hydrogen) atoms. The van der Waals surface area contributed by atoms with Crippen LogP contribution in [0.5, 0.6) is 11.5 Å². The van der Waals surface area contributed by atoms with E-state index in [1.807, 2.05) is 22.8 Å². The summed E-state index contributed by atoms with van der Waals surface area (Å²) in [6, 6.07) is 19.7. The van der Waals surface area contributed by atoms with Crippen molar-refractivity contribution >= 4 is 66.8 Å². The van der Waals surface area contributed by atoms with Crippen LogP contribution >= 0.6 is 11.6 Å². The number of anilines is 2. The number of imidazole rings is 2. The number of guanidine groups is 2. The standard InChI is InChI=1S/C25H24ClN5O4S.C20H36N6O/c1-35-19-7-5-18(6-8-19)31-22-10-11-27-15-23(22)30(25(31)32)16-24-28-20-14-17(26)4-9-21(20)29(24)12-3-13-36(2,33)34;1-2-3-4-5-6-7-8-9-10-11-14-27-18-13-12-16(25-19(21)22)15-17(18)26-20(23)24/h4-11,14-15H,3,12-13,16H2,1-2H3;12-13,15H,2-11,14H2,1H3,(H4,21,22,25)(H4,23,24,26). The fraction of sp³-hybridized carbons (Fsp3) is 0.400. The Balaban J connectivity index is 0.000000249. The number of hydrogen-bond donors (Lipinski definition) is 6. The summed E-state index contributed by atoms with van der Waals surface area (Å²) in [5, 5.41) is 20.7. The predicted octanol–water partition coefficient (Wildman–Crippen LogP) is 8.28. The number of rotatable bonds is 22. The summed E-state index contributed by atoms with van der Waals surface area (Å²) in [4.78, 5) is 22.7. The number of nitrogens with one attached hydrogen (secondary N) is 4. The van der Waals surface area contributed by atoms with Crippen LogP contribution in [-0.2, 0) is 22.9 Å². The predicted molar refractivity (Wildman–Crippen MR) is 255 cm³/mol. The van der Waals surface area contributed by atoms with Crippen LogP contribution in [0.1, 0.15) is 83.4 Å². The van der Waals surface area contributed by atoms with Crippen LogP contribution in [0, 0.1) is 10.8 Å². The number of nitrogens with two attached hydrogens (primary N) is 2. The Morgan fingerprint density at radius 2 is 1.49 bits per heavy atom. The minimum atomic E-state index is -3.11. The van der Waals surface area contributed by atoms with Crippen LogP contribution in [-0.4, -0.2) is 69.7 Å². The summed E-state index contributed by atoms with van der Waals surface area (Å²) < 4.78 is 39.7. The van der Waals surface area contributed by atoms with Crippen molar-refractivity contribution in [2.75, 3.05) is 36.4 Å². The Labute approximate surface area is 373 Å². The van der Waals surface area contributed by atoms with Gasteiger partial charge in [0.2, 0.25) is 0 Å². The van der Waals surface area contributed by atoms with Crippen molar-refractivity contribution in [2.24, 2.45) is 11.5 Å². The van der Waals surface area contributed by atoms with E-state index in [2.05, 4.69) is 22.5 Å². The van der Waals surface area contributed by atoms with E-state index in [9.17, 15) is 13.2 Å². The number of fused-ring (bicyclic) bond motifs is 2. The number of aromatic nitrogens is 5. The van der Waals surface area contributed by atoms with Crippen LogP contribution in [0.15, 0.2) is 83.9 Å². The van der Waals surface area contributed by atoms with Crippen molar-refractivity contribution in [2.45, 2.75) is 90.6 Å². The highest BCUT2D eigenvalue weighted by atomic mass is 35.5. The van der Waals surface area contributed by atoms with Gasteiger partial charge in [0, 0.05) is 29.7 Å². The van der Waals surface area contributed by atoms with Crippen LogP contribution in [0.2, 0.25) is 5.02 Å². The molecule has 0 aliphatic rings. The molecule has 6 aromatic rings. The third-order valence-electron chi connectivity index (χ3n) is 10.3. The second-order valence-electron chi connectivity index (χ2n) is 15.4. The Morgan fingerprint density at radius 1 is 0.810 bits per heavy atom. The molecule has 0 saturated heterocycles. The number of benzene rings is 3. The van der Waals surface area contributed by atoms with E-state index < -0.39 is 9.84 Å². The Morgan fingerprint density at radius 3 is 2.14 bits per heavy atom. The maximum absolute atomic E-state index is 13.7. The Kier molecular flexibility index (Phi) is 17.8. The molecule has 0 unspecified atom stereocenters. The minimum Gasteiger partial charge on any atom is -0.497 e. The normalized spacial score (nSPS) is 11.3. The van der Waals surface area contributed by atoms with Crippen molar-refractivity contribution < 1.29 is 17.9 Å². The minimum absolute atomic E-state index is 0.0559. The number of halogens is 1. The first kappa shape index (κ1) is 48.0. The van der Waals surface area contributed by atoms with Gasteiger partial charge in [-0.25, -0.2) is 18.2 Å².